The van der Waals surface area contributed by atoms with Gasteiger partial charge in [-0.05, 0) is 43.7 Å². The zero-order chi connectivity index (χ0) is 20.2. The zero-order valence-corrected chi connectivity index (χ0v) is 16.6. The van der Waals surface area contributed by atoms with E-state index in [1.54, 1.807) is 0 Å². The summed E-state index contributed by atoms with van der Waals surface area (Å²) >= 11 is 0. The summed E-state index contributed by atoms with van der Waals surface area (Å²) in [7, 11) is 0. The molecular weight excluding hydrogens is 364 g/mol. The summed E-state index contributed by atoms with van der Waals surface area (Å²) in [5.41, 5.74) is 9.03. The van der Waals surface area contributed by atoms with E-state index >= 15 is 0 Å². The monoisotopic (exact) mass is 388 g/mol. The third kappa shape index (κ3) is 3.93. The zero-order valence-electron chi connectivity index (χ0n) is 16.6. The van der Waals surface area contributed by atoms with Crippen LogP contribution >= 0.6 is 0 Å². The molecule has 3 N–H and O–H groups in total. The van der Waals surface area contributed by atoms with Gasteiger partial charge in [0.2, 0.25) is 5.71 Å². The number of hydrogen-bond donors (Lipinski definition) is 2. The van der Waals surface area contributed by atoms with Crippen LogP contribution in [0.2, 0.25) is 0 Å². The number of nitrogens with zero attached hydrogens (tertiary/aromatic N) is 2. The van der Waals surface area contributed by atoms with Crippen molar-refractivity contribution in [2.45, 2.75) is 19.9 Å². The molecule has 0 saturated carbocycles. The molecular formula is C23H24N4O2. The van der Waals surface area contributed by atoms with Crippen molar-refractivity contribution >= 4 is 16.9 Å². The fourth-order valence-corrected chi connectivity index (χ4v) is 3.28. The van der Waals surface area contributed by atoms with E-state index in [1.807, 2.05) is 42.5 Å². The summed E-state index contributed by atoms with van der Waals surface area (Å²) in [6.07, 6.45) is 1.53. The Balaban J connectivity index is 1.90. The van der Waals surface area contributed by atoms with Gasteiger partial charge in [0.25, 0.3) is 0 Å². The summed E-state index contributed by atoms with van der Waals surface area (Å²) < 4.78 is 11.8. The molecule has 4 rings (SSSR count). The van der Waals surface area contributed by atoms with Crippen molar-refractivity contribution in [3.63, 3.8) is 0 Å². The third-order valence-electron chi connectivity index (χ3n) is 4.48. The molecule has 0 unspecified atom stereocenters. The normalized spacial score (nSPS) is 11.2. The number of benzene rings is 2. The Morgan fingerprint density at radius 2 is 1.76 bits per heavy atom. The van der Waals surface area contributed by atoms with Crippen molar-refractivity contribution in [3.8, 4) is 28.2 Å². The Kier molecular flexibility index (Phi) is 5.44. The van der Waals surface area contributed by atoms with E-state index < -0.39 is 0 Å². The van der Waals surface area contributed by atoms with Gasteiger partial charge >= 0.3 is 0 Å². The lowest BCUT2D eigenvalue weighted by Crippen LogP contribution is -2.11. The largest absolute Gasteiger partial charge is 0.492 e. The van der Waals surface area contributed by atoms with E-state index in [0.717, 1.165) is 39.4 Å². The maximum Gasteiger partial charge on any atom is 0.232 e. The smallest absolute Gasteiger partial charge is 0.232 e. The molecule has 0 fully saturated rings. The van der Waals surface area contributed by atoms with Crippen LogP contribution in [0.15, 0.2) is 65.3 Å². The summed E-state index contributed by atoms with van der Waals surface area (Å²) in [4.78, 5) is 8.86. The van der Waals surface area contributed by atoms with Crippen LogP contribution in [-0.2, 0) is 0 Å². The Labute approximate surface area is 169 Å². The molecule has 0 spiro atoms. The van der Waals surface area contributed by atoms with Crippen molar-refractivity contribution in [1.29, 1.82) is 0 Å². The van der Waals surface area contributed by atoms with Gasteiger partial charge in [0.15, 0.2) is 0 Å². The highest BCUT2D eigenvalue weighted by Crippen LogP contribution is 2.42. The lowest BCUT2D eigenvalue weighted by Gasteiger charge is -2.11. The van der Waals surface area contributed by atoms with Crippen LogP contribution in [0.25, 0.3) is 33.6 Å². The van der Waals surface area contributed by atoms with Crippen LogP contribution in [0.1, 0.15) is 13.8 Å². The van der Waals surface area contributed by atoms with Gasteiger partial charge in [-0.1, -0.05) is 30.3 Å². The van der Waals surface area contributed by atoms with Crippen molar-refractivity contribution in [1.82, 2.24) is 9.97 Å². The molecule has 0 radical (unpaired) electrons. The Bertz CT molecular complexity index is 1090. The van der Waals surface area contributed by atoms with Crippen molar-refractivity contribution in [2.24, 2.45) is 5.73 Å². The van der Waals surface area contributed by atoms with E-state index in [4.69, 9.17) is 14.9 Å². The highest BCUT2D eigenvalue weighted by Gasteiger charge is 2.22. The van der Waals surface area contributed by atoms with Gasteiger partial charge in [-0.3, -0.25) is 0 Å². The first kappa shape index (κ1) is 19.0. The van der Waals surface area contributed by atoms with Gasteiger partial charge in [0.1, 0.15) is 30.3 Å². The molecule has 6 nitrogen and oxygen atoms in total. The minimum Gasteiger partial charge on any atom is -0.492 e. The average molecular weight is 388 g/mol. The SMILES string of the molecule is CC(C)Nc1ncnc2oc(-c3ccc(OCCN)cc3)c(-c3ccccc3)c12. The quantitative estimate of drug-likeness (QED) is 0.477. The Hall–Kier alpha value is -3.38. The highest BCUT2D eigenvalue weighted by molar-refractivity contribution is 6.05. The molecule has 4 aromatic rings. The molecule has 0 saturated heterocycles. The van der Waals surface area contributed by atoms with Gasteiger partial charge in [0, 0.05) is 23.7 Å². The maximum atomic E-state index is 6.23. The number of aromatic nitrogens is 2. The number of rotatable bonds is 7. The first-order valence-corrected chi connectivity index (χ1v) is 9.70. The second-order valence-electron chi connectivity index (χ2n) is 7.04. The van der Waals surface area contributed by atoms with E-state index in [2.05, 4.69) is 41.3 Å². The van der Waals surface area contributed by atoms with Gasteiger partial charge in [-0.25, -0.2) is 9.97 Å². The Morgan fingerprint density at radius 1 is 1.00 bits per heavy atom. The summed E-state index contributed by atoms with van der Waals surface area (Å²) in [5.74, 6) is 2.30. The van der Waals surface area contributed by atoms with Gasteiger partial charge in [-0.2, -0.15) is 0 Å². The second-order valence-corrected chi connectivity index (χ2v) is 7.04. The van der Waals surface area contributed by atoms with Gasteiger partial charge < -0.3 is 20.2 Å². The van der Waals surface area contributed by atoms with Gasteiger partial charge in [0.05, 0.1) is 5.39 Å². The van der Waals surface area contributed by atoms with Crippen LogP contribution in [0.5, 0.6) is 5.75 Å². The number of fused-ring (bicyclic) bond motifs is 1. The Morgan fingerprint density at radius 3 is 2.45 bits per heavy atom. The van der Waals surface area contributed by atoms with Crippen LogP contribution in [0.4, 0.5) is 5.82 Å². The van der Waals surface area contributed by atoms with Crippen molar-refractivity contribution in [2.75, 3.05) is 18.5 Å². The summed E-state index contributed by atoms with van der Waals surface area (Å²) in [5, 5.41) is 4.29. The number of hydrogen-bond acceptors (Lipinski definition) is 6. The van der Waals surface area contributed by atoms with Crippen molar-refractivity contribution in [3.05, 3.63) is 60.9 Å². The fourth-order valence-electron chi connectivity index (χ4n) is 3.28. The molecule has 0 aliphatic rings. The standard InChI is InChI=1S/C23H24N4O2/c1-15(2)27-22-20-19(16-6-4-3-5-7-16)21(29-23(20)26-14-25-22)17-8-10-18(11-9-17)28-13-12-24/h3-11,14-15H,12-13,24H2,1-2H3,(H,25,26,27). The number of furan rings is 1. The molecule has 2 aromatic heterocycles. The molecule has 0 aliphatic carbocycles. The molecule has 0 aliphatic heterocycles. The number of anilines is 1. The van der Waals surface area contributed by atoms with E-state index in [1.165, 1.54) is 6.33 Å². The van der Waals surface area contributed by atoms with E-state index in [-0.39, 0.29) is 6.04 Å². The van der Waals surface area contributed by atoms with Crippen LogP contribution in [-0.4, -0.2) is 29.2 Å². The predicted molar refractivity (Wildman–Crippen MR) is 116 cm³/mol. The first-order chi connectivity index (χ1) is 14.2. The third-order valence-corrected chi connectivity index (χ3v) is 4.48. The number of nitrogens with two attached hydrogens (primary N) is 1. The lowest BCUT2D eigenvalue weighted by molar-refractivity contribution is 0.328. The maximum absolute atomic E-state index is 6.23. The molecule has 6 heteroatoms. The predicted octanol–water partition coefficient (Wildman–Crippen LogP) is 4.71. The molecule has 2 heterocycles. The number of nitrogens with one attached hydrogen (secondary N) is 1. The molecule has 2 aromatic carbocycles. The summed E-state index contributed by atoms with van der Waals surface area (Å²) in [6.45, 7) is 5.13. The van der Waals surface area contributed by atoms with Crippen LogP contribution in [0.3, 0.4) is 0 Å². The van der Waals surface area contributed by atoms with E-state index in [9.17, 15) is 0 Å². The van der Waals surface area contributed by atoms with Crippen LogP contribution in [0, 0.1) is 0 Å². The first-order valence-electron chi connectivity index (χ1n) is 9.70. The number of ether oxygens (including phenoxy) is 1. The minimum atomic E-state index is 0.231. The molecule has 0 bridgehead atoms. The molecule has 0 amide bonds. The lowest BCUT2D eigenvalue weighted by atomic mass is 9.99. The second kappa shape index (κ2) is 8.32. The fraction of sp³-hybridized carbons (Fsp3) is 0.217. The topological polar surface area (TPSA) is 86.2 Å². The summed E-state index contributed by atoms with van der Waals surface area (Å²) in [6, 6.07) is 18.2. The molecule has 29 heavy (non-hydrogen) atoms. The molecule has 148 valence electrons. The minimum absolute atomic E-state index is 0.231. The molecule has 0 atom stereocenters. The van der Waals surface area contributed by atoms with Crippen molar-refractivity contribution < 1.29 is 9.15 Å². The van der Waals surface area contributed by atoms with E-state index in [0.29, 0.717) is 18.9 Å². The van der Waals surface area contributed by atoms with Gasteiger partial charge in [-0.15, -0.1) is 0 Å². The highest BCUT2D eigenvalue weighted by atomic mass is 16.5. The van der Waals surface area contributed by atoms with Crippen LogP contribution < -0.4 is 15.8 Å². The average Bonchev–Trinajstić information content (AvgIpc) is 3.13.